The zero-order valence-electron chi connectivity index (χ0n) is 6.69. The van der Waals surface area contributed by atoms with E-state index in [1.54, 1.807) is 23.7 Å². The van der Waals surface area contributed by atoms with Crippen molar-refractivity contribution in [1.29, 1.82) is 0 Å². The second-order valence-corrected chi connectivity index (χ2v) is 3.42. The maximum Gasteiger partial charge on any atom is 0.101 e. The van der Waals surface area contributed by atoms with Crippen LogP contribution in [-0.2, 0) is 0 Å². The molecule has 0 spiro atoms. The molecule has 0 unspecified atom stereocenters. The van der Waals surface area contributed by atoms with E-state index in [9.17, 15) is 0 Å². The molecule has 0 fully saturated rings. The highest BCUT2D eigenvalue weighted by Crippen LogP contribution is 2.23. The highest BCUT2D eigenvalue weighted by Gasteiger charge is 2.02. The van der Waals surface area contributed by atoms with Gasteiger partial charge in [0.1, 0.15) is 5.69 Å². The lowest BCUT2D eigenvalue weighted by Gasteiger charge is -1.98. The minimum absolute atomic E-state index is 0.986. The summed E-state index contributed by atoms with van der Waals surface area (Å²) in [5.74, 6) is 0. The van der Waals surface area contributed by atoms with Crippen molar-refractivity contribution in [2.45, 2.75) is 6.92 Å². The summed E-state index contributed by atoms with van der Waals surface area (Å²) in [4.78, 5) is 9.63. The molecule has 0 aromatic carbocycles. The van der Waals surface area contributed by atoms with E-state index in [-0.39, 0.29) is 0 Å². The predicted molar refractivity (Wildman–Crippen MR) is 50.1 cm³/mol. The van der Waals surface area contributed by atoms with Crippen LogP contribution < -0.4 is 0 Å². The number of rotatable bonds is 1. The number of aryl methyl sites for hydroxylation is 1. The van der Waals surface area contributed by atoms with Gasteiger partial charge in [-0.15, -0.1) is 11.3 Å². The number of hydrogen-bond acceptors (Lipinski definition) is 3. The molecule has 2 aromatic heterocycles. The second-order valence-electron chi connectivity index (χ2n) is 2.47. The van der Waals surface area contributed by atoms with Gasteiger partial charge < -0.3 is 0 Å². The third-order valence-corrected chi connectivity index (χ3v) is 2.51. The number of thiophene rings is 1. The van der Waals surface area contributed by atoms with Crippen molar-refractivity contribution in [2.75, 3.05) is 0 Å². The molecule has 0 bridgehead atoms. The molecule has 0 saturated carbocycles. The van der Waals surface area contributed by atoms with Crippen LogP contribution in [0.25, 0.3) is 10.6 Å². The first-order chi connectivity index (χ1) is 5.88. The molecule has 2 aromatic rings. The van der Waals surface area contributed by atoms with E-state index >= 15 is 0 Å². The van der Waals surface area contributed by atoms with Gasteiger partial charge in [0.2, 0.25) is 0 Å². The van der Waals surface area contributed by atoms with Gasteiger partial charge >= 0.3 is 0 Å². The summed E-state index contributed by atoms with van der Waals surface area (Å²) in [6, 6.07) is 4.08. The molecule has 2 heterocycles. The zero-order chi connectivity index (χ0) is 8.39. The van der Waals surface area contributed by atoms with Crippen molar-refractivity contribution in [3.05, 3.63) is 35.6 Å². The van der Waals surface area contributed by atoms with Crippen molar-refractivity contribution in [3.63, 3.8) is 0 Å². The molecule has 60 valence electrons. The minimum atomic E-state index is 0.986. The molecular weight excluding hydrogens is 168 g/mol. The third kappa shape index (κ3) is 1.23. The summed E-state index contributed by atoms with van der Waals surface area (Å²) in [5, 5.41) is 2.05. The predicted octanol–water partition coefficient (Wildman–Crippen LogP) is 2.51. The van der Waals surface area contributed by atoms with E-state index in [2.05, 4.69) is 16.0 Å². The molecular formula is C9H8N2S. The molecule has 0 aliphatic carbocycles. The summed E-state index contributed by atoms with van der Waals surface area (Å²) in [7, 11) is 0. The standard InChI is InChI=1S/C9H8N2S/c1-7-9(11-5-4-10-7)8-3-2-6-12-8/h2-6H,1H3. The highest BCUT2D eigenvalue weighted by atomic mass is 32.1. The smallest absolute Gasteiger partial charge is 0.101 e. The van der Waals surface area contributed by atoms with Gasteiger partial charge in [-0.2, -0.15) is 0 Å². The fourth-order valence-electron chi connectivity index (χ4n) is 1.06. The molecule has 0 N–H and O–H groups in total. The van der Waals surface area contributed by atoms with Crippen LogP contribution in [0.1, 0.15) is 5.69 Å². The first kappa shape index (κ1) is 7.43. The van der Waals surface area contributed by atoms with Gasteiger partial charge in [0.15, 0.2) is 0 Å². The highest BCUT2D eigenvalue weighted by molar-refractivity contribution is 7.13. The fourth-order valence-corrected chi connectivity index (χ4v) is 1.84. The summed E-state index contributed by atoms with van der Waals surface area (Å²) in [6.07, 6.45) is 3.44. The normalized spacial score (nSPS) is 10.1. The minimum Gasteiger partial charge on any atom is -0.258 e. The number of aromatic nitrogens is 2. The van der Waals surface area contributed by atoms with E-state index in [0.717, 1.165) is 11.4 Å². The summed E-state index contributed by atoms with van der Waals surface area (Å²) in [5.41, 5.74) is 1.98. The third-order valence-electron chi connectivity index (χ3n) is 1.64. The Kier molecular flexibility index (Phi) is 1.87. The largest absolute Gasteiger partial charge is 0.258 e. The van der Waals surface area contributed by atoms with Crippen molar-refractivity contribution in [2.24, 2.45) is 0 Å². The average molecular weight is 176 g/mol. The molecule has 2 rings (SSSR count). The Morgan fingerprint density at radius 2 is 2.08 bits per heavy atom. The first-order valence-corrected chi connectivity index (χ1v) is 4.57. The number of nitrogens with zero attached hydrogens (tertiary/aromatic N) is 2. The van der Waals surface area contributed by atoms with Crippen LogP contribution in [0.15, 0.2) is 29.9 Å². The van der Waals surface area contributed by atoms with Crippen molar-refractivity contribution >= 4 is 11.3 Å². The molecule has 0 radical (unpaired) electrons. The van der Waals surface area contributed by atoms with E-state index in [1.807, 2.05) is 18.4 Å². The van der Waals surface area contributed by atoms with E-state index < -0.39 is 0 Å². The monoisotopic (exact) mass is 176 g/mol. The molecule has 0 aliphatic rings. The van der Waals surface area contributed by atoms with Crippen LogP contribution in [0.4, 0.5) is 0 Å². The van der Waals surface area contributed by atoms with Crippen LogP contribution in [0.5, 0.6) is 0 Å². The summed E-state index contributed by atoms with van der Waals surface area (Å²) in [6.45, 7) is 1.97. The maximum atomic E-state index is 4.27. The Morgan fingerprint density at radius 1 is 1.25 bits per heavy atom. The van der Waals surface area contributed by atoms with Gasteiger partial charge in [0.05, 0.1) is 10.6 Å². The SMILES string of the molecule is Cc1nccnc1-c1cccs1. The molecule has 0 saturated heterocycles. The van der Waals surface area contributed by atoms with Crippen LogP contribution in [0, 0.1) is 6.92 Å². The molecule has 0 amide bonds. The van der Waals surface area contributed by atoms with Crippen molar-refractivity contribution in [1.82, 2.24) is 9.97 Å². The fraction of sp³-hybridized carbons (Fsp3) is 0.111. The van der Waals surface area contributed by atoms with Gasteiger partial charge in [-0.25, -0.2) is 0 Å². The van der Waals surface area contributed by atoms with Gasteiger partial charge in [0, 0.05) is 12.4 Å². The van der Waals surface area contributed by atoms with Crippen molar-refractivity contribution in [3.8, 4) is 10.6 Å². The van der Waals surface area contributed by atoms with Gasteiger partial charge in [-0.05, 0) is 18.4 Å². The van der Waals surface area contributed by atoms with Crippen LogP contribution in [0.3, 0.4) is 0 Å². The molecule has 12 heavy (non-hydrogen) atoms. The van der Waals surface area contributed by atoms with E-state index in [1.165, 1.54) is 4.88 Å². The Labute approximate surface area is 74.9 Å². The Morgan fingerprint density at radius 3 is 2.75 bits per heavy atom. The van der Waals surface area contributed by atoms with Gasteiger partial charge in [0.25, 0.3) is 0 Å². The van der Waals surface area contributed by atoms with Crippen LogP contribution >= 0.6 is 11.3 Å². The lowest BCUT2D eigenvalue weighted by molar-refractivity contribution is 1.13. The van der Waals surface area contributed by atoms with Crippen molar-refractivity contribution < 1.29 is 0 Å². The zero-order valence-corrected chi connectivity index (χ0v) is 7.51. The van der Waals surface area contributed by atoms with E-state index in [0.29, 0.717) is 0 Å². The quantitative estimate of drug-likeness (QED) is 0.667. The topological polar surface area (TPSA) is 25.8 Å². The lowest BCUT2D eigenvalue weighted by atomic mass is 10.3. The van der Waals surface area contributed by atoms with Gasteiger partial charge in [-0.1, -0.05) is 6.07 Å². The van der Waals surface area contributed by atoms with E-state index in [4.69, 9.17) is 0 Å². The summed E-state index contributed by atoms with van der Waals surface area (Å²) >= 11 is 1.69. The second kappa shape index (κ2) is 3.03. The molecule has 3 heteroatoms. The van der Waals surface area contributed by atoms with Crippen LogP contribution in [0.2, 0.25) is 0 Å². The number of hydrogen-bond donors (Lipinski definition) is 0. The molecule has 0 atom stereocenters. The van der Waals surface area contributed by atoms with Gasteiger partial charge in [-0.3, -0.25) is 9.97 Å². The Hall–Kier alpha value is -1.22. The Bertz CT molecular complexity index is 368. The lowest BCUT2D eigenvalue weighted by Crippen LogP contribution is -1.87. The Balaban J connectivity index is 2.55. The maximum absolute atomic E-state index is 4.27. The molecule has 2 nitrogen and oxygen atoms in total. The summed E-state index contributed by atoms with van der Waals surface area (Å²) < 4.78 is 0. The van der Waals surface area contributed by atoms with Crippen LogP contribution in [-0.4, -0.2) is 9.97 Å². The average Bonchev–Trinajstić information content (AvgIpc) is 2.57. The molecule has 0 aliphatic heterocycles. The first-order valence-electron chi connectivity index (χ1n) is 3.69.